The largest absolute Gasteiger partial charge is 0.477 e. The average Bonchev–Trinajstić information content (AvgIpc) is 2.46. The summed E-state index contributed by atoms with van der Waals surface area (Å²) in [5.41, 5.74) is -5.17. The molecule has 11 heteroatoms. The molecule has 2 aromatic carbocycles. The molecule has 0 amide bonds. The Hall–Kier alpha value is -2.85. The van der Waals surface area contributed by atoms with Gasteiger partial charge in [-0.2, -0.15) is 26.3 Å². The summed E-state index contributed by atoms with van der Waals surface area (Å²) < 4.78 is 108. The fourth-order valence-electron chi connectivity index (χ4n) is 1.97. The van der Waals surface area contributed by atoms with E-state index in [1.54, 1.807) is 0 Å². The minimum absolute atomic E-state index is 0.163. The van der Waals surface area contributed by atoms with Gasteiger partial charge in [0, 0.05) is 0 Å². The normalized spacial score (nSPS) is 12.2. The molecule has 0 atom stereocenters. The lowest BCUT2D eigenvalue weighted by Crippen LogP contribution is -2.13. The van der Waals surface area contributed by atoms with E-state index in [1.807, 2.05) is 0 Å². The molecule has 0 radical (unpaired) electrons. The van der Waals surface area contributed by atoms with E-state index in [9.17, 15) is 39.9 Å². The topological polar surface area (TPSA) is 46.5 Å². The number of carboxylic acids is 1. The maximum atomic E-state index is 13.9. The Bertz CT molecular complexity index is 855. The highest BCUT2D eigenvalue weighted by Crippen LogP contribution is 2.38. The summed E-state index contributed by atoms with van der Waals surface area (Å²) in [5, 5.41) is 8.92. The summed E-state index contributed by atoms with van der Waals surface area (Å²) in [6.07, 6.45) is -10.3. The molecule has 0 heterocycles. The summed E-state index contributed by atoms with van der Waals surface area (Å²) in [5.74, 6) is -7.69. The van der Waals surface area contributed by atoms with Crippen molar-refractivity contribution in [1.82, 2.24) is 0 Å². The van der Waals surface area contributed by atoms with Crippen molar-refractivity contribution >= 4 is 5.97 Å². The van der Waals surface area contributed by atoms with Crippen molar-refractivity contribution in [2.45, 2.75) is 12.4 Å². The van der Waals surface area contributed by atoms with Crippen molar-refractivity contribution in [3.8, 4) is 11.5 Å². The van der Waals surface area contributed by atoms with Gasteiger partial charge in [0.15, 0.2) is 5.82 Å². The lowest BCUT2D eigenvalue weighted by molar-refractivity contribution is -0.141. The van der Waals surface area contributed by atoms with Crippen LogP contribution in [0.25, 0.3) is 0 Å². The van der Waals surface area contributed by atoms with Crippen LogP contribution in [0, 0.1) is 11.6 Å². The van der Waals surface area contributed by atoms with E-state index in [1.165, 1.54) is 0 Å². The highest BCUT2D eigenvalue weighted by Gasteiger charge is 2.38. The molecule has 1 N–H and O–H groups in total. The zero-order chi connectivity index (χ0) is 19.9. The summed E-state index contributed by atoms with van der Waals surface area (Å²) in [4.78, 5) is 11.1. The molecule has 0 saturated carbocycles. The standard InChI is InChI=1S/C15H6F8O3/c16-9-3-1-6(5-8(9)15(21,22)23)26-10-4-2-7(14(18,19)20)12(17)11(10)13(24)25/h1-5H,(H,24,25). The lowest BCUT2D eigenvalue weighted by Gasteiger charge is -2.15. The van der Waals surface area contributed by atoms with Crippen molar-refractivity contribution in [1.29, 1.82) is 0 Å². The molecule has 0 spiro atoms. The molecule has 26 heavy (non-hydrogen) atoms. The van der Waals surface area contributed by atoms with E-state index in [0.717, 1.165) is 0 Å². The fraction of sp³-hybridized carbons (Fsp3) is 0.133. The maximum absolute atomic E-state index is 13.9. The second kappa shape index (κ2) is 6.46. The molecule has 2 aromatic rings. The average molecular weight is 386 g/mol. The number of hydrogen-bond donors (Lipinski definition) is 1. The van der Waals surface area contributed by atoms with Gasteiger partial charge in [-0.15, -0.1) is 0 Å². The first-order valence-corrected chi connectivity index (χ1v) is 6.50. The van der Waals surface area contributed by atoms with Gasteiger partial charge in [-0.05, 0) is 30.3 Å². The molecule has 0 saturated heterocycles. The van der Waals surface area contributed by atoms with Crippen LogP contribution >= 0.6 is 0 Å². The van der Waals surface area contributed by atoms with Gasteiger partial charge in [-0.3, -0.25) is 0 Å². The summed E-state index contributed by atoms with van der Waals surface area (Å²) in [7, 11) is 0. The maximum Gasteiger partial charge on any atom is 0.419 e. The number of ether oxygens (including phenoxy) is 1. The molecule has 0 aliphatic carbocycles. The van der Waals surface area contributed by atoms with Crippen LogP contribution in [0.3, 0.4) is 0 Å². The second-order valence-electron chi connectivity index (χ2n) is 4.84. The first-order chi connectivity index (χ1) is 11.8. The lowest BCUT2D eigenvalue weighted by atomic mass is 10.1. The Morgan fingerprint density at radius 2 is 1.46 bits per heavy atom. The molecular weight excluding hydrogens is 380 g/mol. The third-order valence-electron chi connectivity index (χ3n) is 3.09. The van der Waals surface area contributed by atoms with Crippen molar-refractivity contribution in [2.75, 3.05) is 0 Å². The van der Waals surface area contributed by atoms with Crippen molar-refractivity contribution < 1.29 is 49.8 Å². The van der Waals surface area contributed by atoms with Crippen LogP contribution in [0.4, 0.5) is 35.1 Å². The van der Waals surface area contributed by atoms with Crippen molar-refractivity contribution in [3.05, 3.63) is 58.7 Å². The quantitative estimate of drug-likeness (QED) is 0.710. The fourth-order valence-corrected chi connectivity index (χ4v) is 1.97. The van der Waals surface area contributed by atoms with Crippen LogP contribution in [0.1, 0.15) is 21.5 Å². The smallest absolute Gasteiger partial charge is 0.419 e. The molecule has 0 unspecified atom stereocenters. The van der Waals surface area contributed by atoms with Crippen molar-refractivity contribution in [3.63, 3.8) is 0 Å². The Morgan fingerprint density at radius 3 is 1.96 bits per heavy atom. The Balaban J connectivity index is 2.54. The van der Waals surface area contributed by atoms with Gasteiger partial charge >= 0.3 is 18.3 Å². The minimum atomic E-state index is -5.20. The molecule has 3 nitrogen and oxygen atoms in total. The number of hydrogen-bond acceptors (Lipinski definition) is 2. The SMILES string of the molecule is O=C(O)c1c(Oc2ccc(F)c(C(F)(F)F)c2)ccc(C(F)(F)F)c1F. The van der Waals surface area contributed by atoms with E-state index in [-0.39, 0.29) is 12.1 Å². The highest BCUT2D eigenvalue weighted by atomic mass is 19.4. The van der Waals surface area contributed by atoms with Crippen molar-refractivity contribution in [2.24, 2.45) is 0 Å². The molecule has 140 valence electrons. The van der Waals surface area contributed by atoms with Crippen LogP contribution in [-0.4, -0.2) is 11.1 Å². The predicted molar refractivity (Wildman–Crippen MR) is 69.8 cm³/mol. The number of benzene rings is 2. The number of halogens is 8. The minimum Gasteiger partial charge on any atom is -0.477 e. The molecule has 0 fully saturated rings. The van der Waals surface area contributed by atoms with E-state index in [4.69, 9.17) is 9.84 Å². The number of aromatic carboxylic acids is 1. The zero-order valence-electron chi connectivity index (χ0n) is 12.2. The Labute approximate surface area is 139 Å². The first-order valence-electron chi connectivity index (χ1n) is 6.50. The van der Waals surface area contributed by atoms with E-state index < -0.39 is 58.1 Å². The predicted octanol–water partition coefficient (Wildman–Crippen LogP) is 5.49. The number of carboxylic acid groups (broad SMARTS) is 1. The number of rotatable bonds is 3. The molecular formula is C15H6F8O3. The number of carbonyl (C=O) groups is 1. The van der Waals surface area contributed by atoms with Gasteiger partial charge in [0.25, 0.3) is 0 Å². The highest BCUT2D eigenvalue weighted by molar-refractivity contribution is 5.91. The summed E-state index contributed by atoms with van der Waals surface area (Å²) in [6.45, 7) is 0. The van der Waals surface area contributed by atoms with E-state index >= 15 is 0 Å². The van der Waals surface area contributed by atoms with Gasteiger partial charge in [0.2, 0.25) is 0 Å². The third kappa shape index (κ3) is 3.86. The molecule has 0 aromatic heterocycles. The van der Waals surface area contributed by atoms with Gasteiger partial charge in [-0.25, -0.2) is 13.6 Å². The molecule has 2 rings (SSSR count). The second-order valence-corrected chi connectivity index (χ2v) is 4.84. The first kappa shape index (κ1) is 19.5. The molecule has 0 bridgehead atoms. The van der Waals surface area contributed by atoms with Crippen LogP contribution in [0.15, 0.2) is 30.3 Å². The monoisotopic (exact) mass is 386 g/mol. The summed E-state index contributed by atoms with van der Waals surface area (Å²) >= 11 is 0. The third-order valence-corrected chi connectivity index (χ3v) is 3.09. The van der Waals surface area contributed by atoms with E-state index in [2.05, 4.69) is 0 Å². The number of alkyl halides is 6. The van der Waals surface area contributed by atoms with Crippen LogP contribution < -0.4 is 4.74 Å². The molecule has 0 aliphatic rings. The zero-order valence-corrected chi connectivity index (χ0v) is 12.2. The van der Waals surface area contributed by atoms with E-state index in [0.29, 0.717) is 18.2 Å². The van der Waals surface area contributed by atoms with Crippen LogP contribution in [0.2, 0.25) is 0 Å². The van der Waals surface area contributed by atoms with Gasteiger partial charge in [0.1, 0.15) is 22.9 Å². The summed E-state index contributed by atoms with van der Waals surface area (Å²) in [6, 6.07) is 1.80. The van der Waals surface area contributed by atoms with Gasteiger partial charge in [-0.1, -0.05) is 0 Å². The Kier molecular flexibility index (Phi) is 4.84. The molecule has 0 aliphatic heterocycles. The van der Waals surface area contributed by atoms with Crippen LogP contribution in [0.5, 0.6) is 11.5 Å². The van der Waals surface area contributed by atoms with Crippen LogP contribution in [-0.2, 0) is 12.4 Å². The Morgan fingerprint density at radius 1 is 0.885 bits per heavy atom. The van der Waals surface area contributed by atoms with Gasteiger partial charge in [0.05, 0.1) is 11.1 Å². The van der Waals surface area contributed by atoms with Gasteiger partial charge < -0.3 is 9.84 Å².